The number of hydrogen-bond donors (Lipinski definition) is 0. The van der Waals surface area contributed by atoms with Crippen molar-refractivity contribution in [1.29, 1.82) is 0 Å². The Morgan fingerprint density at radius 1 is 0.468 bits per heavy atom. The van der Waals surface area contributed by atoms with E-state index in [0.717, 1.165) is 71.7 Å². The molecule has 0 fully saturated rings. The predicted octanol–water partition coefficient (Wildman–Crippen LogP) is 12.5. The molecule has 0 saturated heterocycles. The van der Waals surface area contributed by atoms with Crippen molar-refractivity contribution in [3.8, 4) is 27.9 Å². The minimum atomic E-state index is 0.490. The van der Waals surface area contributed by atoms with Gasteiger partial charge >= 0.3 is 0 Å². The maximum absolute atomic E-state index is 8.05. The van der Waals surface area contributed by atoms with Crippen LogP contribution in [0.15, 0.2) is 154 Å². The number of furan rings is 2. The van der Waals surface area contributed by atoms with E-state index in [4.69, 9.17) is 15.4 Å². The van der Waals surface area contributed by atoms with Crippen LogP contribution in [0.25, 0.3) is 98.5 Å². The van der Waals surface area contributed by atoms with Crippen LogP contribution in [0.4, 0.5) is 5.69 Å². The summed E-state index contributed by atoms with van der Waals surface area (Å²) in [6.45, 7) is 8.05. The summed E-state index contributed by atoms with van der Waals surface area (Å²) in [7, 11) is 0. The highest BCUT2D eigenvalue weighted by atomic mass is 16.3. The van der Waals surface area contributed by atoms with Crippen LogP contribution >= 0.6 is 0 Å². The molecule has 0 spiro atoms. The first kappa shape index (κ1) is 25.7. The van der Waals surface area contributed by atoms with Gasteiger partial charge in [0.05, 0.1) is 23.3 Å². The minimum absolute atomic E-state index is 0.490. The topological polar surface area (TPSA) is 35.6 Å². The third-order valence-corrected chi connectivity index (χ3v) is 9.44. The maximum atomic E-state index is 8.05. The molecule has 10 rings (SSSR count). The van der Waals surface area contributed by atoms with Gasteiger partial charge in [-0.15, -0.1) is 0 Å². The average Bonchev–Trinajstić information content (AvgIpc) is 3.81. The Morgan fingerprint density at radius 3 is 2.09 bits per heavy atom. The maximum Gasteiger partial charge on any atom is 0.229 e. The molecule has 0 N–H and O–H groups in total. The van der Waals surface area contributed by atoms with Crippen LogP contribution < -0.4 is 0 Å². The Kier molecular flexibility index (Phi) is 5.32. The Bertz CT molecular complexity index is 2920. The lowest BCUT2D eigenvalue weighted by Crippen LogP contribution is -1.94. The Balaban J connectivity index is 1.31. The third-order valence-electron chi connectivity index (χ3n) is 9.44. The lowest BCUT2D eigenvalue weighted by molar-refractivity contribution is 0.668. The van der Waals surface area contributed by atoms with Crippen molar-refractivity contribution in [2.75, 3.05) is 0 Å². The number of para-hydroxylation sites is 3. The second kappa shape index (κ2) is 9.71. The largest absolute Gasteiger partial charge is 0.465 e. The normalized spacial score (nSPS) is 11.8. The molecule has 0 aliphatic carbocycles. The summed E-state index contributed by atoms with van der Waals surface area (Å²) in [4.78, 5) is 3.90. The van der Waals surface area contributed by atoms with Crippen molar-refractivity contribution in [2.24, 2.45) is 0 Å². The smallest absolute Gasteiger partial charge is 0.229 e. The zero-order valence-electron chi connectivity index (χ0n) is 25.1. The predicted molar refractivity (Wildman–Crippen MR) is 192 cm³/mol. The molecule has 3 aromatic heterocycles. The zero-order valence-corrected chi connectivity index (χ0v) is 25.1. The van der Waals surface area contributed by atoms with E-state index in [1.807, 2.05) is 42.5 Å². The fourth-order valence-corrected chi connectivity index (χ4v) is 7.40. The second-order valence-electron chi connectivity index (χ2n) is 11.9. The van der Waals surface area contributed by atoms with Gasteiger partial charge in [-0.1, -0.05) is 115 Å². The van der Waals surface area contributed by atoms with Gasteiger partial charge in [-0.3, -0.25) is 0 Å². The number of hydrogen-bond acceptors (Lipinski definition) is 2. The molecule has 0 amide bonds. The molecule has 3 heterocycles. The summed E-state index contributed by atoms with van der Waals surface area (Å²) in [5.74, 6) is 0. The number of benzene rings is 7. The molecule has 0 aliphatic rings. The first-order valence-electron chi connectivity index (χ1n) is 15.6. The van der Waals surface area contributed by atoms with Gasteiger partial charge in [0.1, 0.15) is 16.7 Å². The van der Waals surface area contributed by atoms with Gasteiger partial charge in [-0.05, 0) is 52.6 Å². The van der Waals surface area contributed by atoms with Crippen molar-refractivity contribution in [1.82, 2.24) is 4.57 Å². The van der Waals surface area contributed by atoms with Gasteiger partial charge in [0.25, 0.3) is 0 Å². The average molecular weight is 601 g/mol. The van der Waals surface area contributed by atoms with Crippen LogP contribution in [0.5, 0.6) is 0 Å². The summed E-state index contributed by atoms with van der Waals surface area (Å²) < 4.78 is 15.4. The first-order valence-corrected chi connectivity index (χ1v) is 15.6. The summed E-state index contributed by atoms with van der Waals surface area (Å²) >= 11 is 0. The van der Waals surface area contributed by atoms with E-state index in [-0.39, 0.29) is 0 Å². The highest BCUT2D eigenvalue weighted by molar-refractivity contribution is 6.22. The van der Waals surface area contributed by atoms with Gasteiger partial charge in [0.2, 0.25) is 5.69 Å². The van der Waals surface area contributed by atoms with Crippen molar-refractivity contribution >= 4 is 71.4 Å². The third kappa shape index (κ3) is 3.63. The fourth-order valence-electron chi connectivity index (χ4n) is 7.40. The molecule has 218 valence electrons. The van der Waals surface area contributed by atoms with E-state index < -0.39 is 0 Å². The molecule has 0 radical (unpaired) electrons. The molecule has 0 saturated carbocycles. The molecule has 0 atom stereocenters. The number of fused-ring (bicyclic) bond motifs is 9. The Hall–Kier alpha value is -6.57. The quantitative estimate of drug-likeness (QED) is 0.189. The van der Waals surface area contributed by atoms with Crippen molar-refractivity contribution in [2.45, 2.75) is 0 Å². The van der Waals surface area contributed by atoms with E-state index in [2.05, 4.69) is 113 Å². The molecule has 10 aromatic rings. The second-order valence-corrected chi connectivity index (χ2v) is 11.9. The van der Waals surface area contributed by atoms with Crippen LogP contribution in [0.3, 0.4) is 0 Å². The van der Waals surface area contributed by atoms with Gasteiger partial charge in [-0.2, -0.15) is 0 Å². The van der Waals surface area contributed by atoms with Crippen molar-refractivity contribution in [3.63, 3.8) is 0 Å². The molecule has 0 aliphatic heterocycles. The molecule has 4 nitrogen and oxygen atoms in total. The van der Waals surface area contributed by atoms with Gasteiger partial charge in [0.15, 0.2) is 5.58 Å². The summed E-state index contributed by atoms with van der Waals surface area (Å²) in [6.07, 6.45) is 0. The Labute approximate surface area is 269 Å². The van der Waals surface area contributed by atoms with E-state index in [1.54, 1.807) is 0 Å². The molecule has 7 aromatic carbocycles. The first-order chi connectivity index (χ1) is 23.3. The lowest BCUT2D eigenvalue weighted by atomic mass is 9.95. The molecular weight excluding hydrogens is 576 g/mol. The van der Waals surface area contributed by atoms with Gasteiger partial charge in [0, 0.05) is 32.3 Å². The van der Waals surface area contributed by atoms with Crippen LogP contribution in [0.1, 0.15) is 0 Å². The number of nitrogens with zero attached hydrogens (tertiary/aromatic N) is 2. The molecule has 47 heavy (non-hydrogen) atoms. The van der Waals surface area contributed by atoms with Crippen LogP contribution in [-0.4, -0.2) is 4.57 Å². The summed E-state index contributed by atoms with van der Waals surface area (Å²) in [5, 5.41) is 6.37. The molecule has 4 heteroatoms. The summed E-state index contributed by atoms with van der Waals surface area (Å²) in [5.41, 5.74) is 11.0. The lowest BCUT2D eigenvalue weighted by Gasteiger charge is -2.10. The van der Waals surface area contributed by atoms with E-state index in [0.29, 0.717) is 11.3 Å². The highest BCUT2D eigenvalue weighted by Crippen LogP contribution is 2.47. The summed E-state index contributed by atoms with van der Waals surface area (Å²) in [6, 6.07) is 50.3. The van der Waals surface area contributed by atoms with Crippen molar-refractivity contribution < 1.29 is 8.83 Å². The highest BCUT2D eigenvalue weighted by Gasteiger charge is 2.23. The molecular formula is C43H24N2O2. The monoisotopic (exact) mass is 600 g/mol. The minimum Gasteiger partial charge on any atom is -0.465 e. The fraction of sp³-hybridized carbons (Fsp3) is 0. The van der Waals surface area contributed by atoms with Crippen LogP contribution in [-0.2, 0) is 0 Å². The van der Waals surface area contributed by atoms with E-state index in [1.165, 1.54) is 16.3 Å². The van der Waals surface area contributed by atoms with Crippen molar-refractivity contribution in [3.05, 3.63) is 157 Å². The number of aromatic nitrogens is 1. The zero-order chi connectivity index (χ0) is 31.1. The SMILES string of the molecule is [C-]#[N+]c1ccc(-c2cccc3oc4ccccc4c23)c2c1oc1c(-n3c4ccccc4c4ccc(-c5ccccc5)cc43)cccc12. The molecule has 0 unspecified atom stereocenters. The van der Waals surface area contributed by atoms with E-state index in [9.17, 15) is 0 Å². The van der Waals surface area contributed by atoms with Gasteiger partial charge in [-0.25, -0.2) is 4.85 Å². The van der Waals surface area contributed by atoms with Crippen LogP contribution in [0, 0.1) is 6.57 Å². The van der Waals surface area contributed by atoms with Crippen LogP contribution in [0.2, 0.25) is 0 Å². The van der Waals surface area contributed by atoms with E-state index >= 15 is 0 Å². The number of rotatable bonds is 3. The molecule has 0 bridgehead atoms. The Morgan fingerprint density at radius 2 is 1.19 bits per heavy atom. The van der Waals surface area contributed by atoms with Gasteiger partial charge < -0.3 is 13.4 Å². The standard InChI is InChI=1S/C43H24N2O2/c1-44-34-24-23-31(30-15-10-20-39-40(30)32-14-6-8-19-38(32)46-39)41-33-16-9-18-36(42(33)47-43(34)41)45-35-17-7-5-13-28(35)29-22-21-27(25-37(29)45)26-11-3-2-4-12-26/h2-25H.